The molecule has 13 heteroatoms. The molecule has 0 aliphatic heterocycles. The number of aromatic carboxylic acids is 1. The Morgan fingerprint density at radius 1 is 0.613 bits per heavy atom. The van der Waals surface area contributed by atoms with Gasteiger partial charge in [-0.15, -0.1) is 0 Å². The molecule has 31 heavy (non-hydrogen) atoms. The summed E-state index contributed by atoms with van der Waals surface area (Å²) in [6.45, 7) is 0. The van der Waals surface area contributed by atoms with Gasteiger partial charge in [0.2, 0.25) is 11.6 Å². The summed E-state index contributed by atoms with van der Waals surface area (Å²) in [6, 6.07) is 0.160. The van der Waals surface area contributed by atoms with Crippen LogP contribution in [0.3, 0.4) is 0 Å². The van der Waals surface area contributed by atoms with Crippen molar-refractivity contribution in [3.8, 4) is 22.3 Å². The van der Waals surface area contributed by atoms with E-state index in [9.17, 15) is 48.7 Å². The summed E-state index contributed by atoms with van der Waals surface area (Å²) in [6.07, 6.45) is 0.275. The molecule has 0 radical (unpaired) electrons. The van der Waals surface area contributed by atoms with Crippen molar-refractivity contribution < 1.29 is 53.8 Å². The van der Waals surface area contributed by atoms with Crippen LogP contribution in [0.1, 0.15) is 10.5 Å². The topological polar surface area (TPSA) is 50.2 Å². The zero-order chi connectivity index (χ0) is 23.4. The number of rotatable bonds is 3. The van der Waals surface area contributed by atoms with Crippen LogP contribution < -0.4 is 0 Å². The van der Waals surface area contributed by atoms with Gasteiger partial charge in [0.1, 0.15) is 0 Å². The van der Waals surface area contributed by atoms with Gasteiger partial charge in [-0.3, -0.25) is 0 Å². The minimum atomic E-state index is -2.58. The first-order valence-electron chi connectivity index (χ1n) is 7.67. The molecule has 0 aliphatic carbocycles. The fourth-order valence-corrected chi connectivity index (χ4v) is 2.66. The first-order valence-corrected chi connectivity index (χ1v) is 7.67. The highest BCUT2D eigenvalue weighted by molar-refractivity contribution is 5.95. The molecular weight excluding hydrogens is 452 g/mol. The molecule has 0 saturated carbocycles. The SMILES string of the molecule is O=C(O)c1ncc(-c2c(F)c(F)c(F)c(F)c2F)cc1-c1c(F)c(F)c(F)c(F)c1F. The third-order valence-corrected chi connectivity index (χ3v) is 4.07. The first-order chi connectivity index (χ1) is 14.4. The van der Waals surface area contributed by atoms with Crippen molar-refractivity contribution >= 4 is 5.97 Å². The number of carboxylic acid groups (broad SMARTS) is 1. The molecule has 3 rings (SSSR count). The maximum absolute atomic E-state index is 14.1. The Balaban J connectivity index is 2.45. The van der Waals surface area contributed by atoms with E-state index < -0.39 is 92.1 Å². The number of hydrogen-bond donors (Lipinski definition) is 1. The van der Waals surface area contributed by atoms with E-state index >= 15 is 0 Å². The Bertz CT molecular complexity index is 1220. The Morgan fingerprint density at radius 2 is 0.968 bits per heavy atom. The molecule has 0 fully saturated rings. The van der Waals surface area contributed by atoms with E-state index in [1.165, 1.54) is 0 Å². The maximum atomic E-state index is 14.1. The largest absolute Gasteiger partial charge is 0.476 e. The predicted molar refractivity (Wildman–Crippen MR) is 81.6 cm³/mol. The molecule has 0 unspecified atom stereocenters. The molecule has 0 bridgehead atoms. The van der Waals surface area contributed by atoms with Crippen molar-refractivity contribution in [3.05, 3.63) is 76.1 Å². The van der Waals surface area contributed by atoms with E-state index in [1.807, 2.05) is 0 Å². The van der Waals surface area contributed by atoms with Crippen LogP contribution >= 0.6 is 0 Å². The van der Waals surface area contributed by atoms with E-state index in [2.05, 4.69) is 4.98 Å². The number of carbonyl (C=O) groups is 1. The number of benzene rings is 2. The molecule has 0 aliphatic rings. The van der Waals surface area contributed by atoms with Gasteiger partial charge in [0, 0.05) is 17.3 Å². The van der Waals surface area contributed by atoms with Crippen LogP contribution in [0.2, 0.25) is 0 Å². The van der Waals surface area contributed by atoms with Crippen LogP contribution in [-0.4, -0.2) is 16.1 Å². The van der Waals surface area contributed by atoms with Gasteiger partial charge in [0.05, 0.1) is 11.1 Å². The first kappa shape index (κ1) is 22.1. The summed E-state index contributed by atoms with van der Waals surface area (Å²) in [4.78, 5) is 14.4. The molecular formula is C18H3F10NO2. The summed E-state index contributed by atoms with van der Waals surface area (Å²) in [7, 11) is 0. The predicted octanol–water partition coefficient (Wildman–Crippen LogP) is 5.50. The van der Waals surface area contributed by atoms with Crippen molar-refractivity contribution in [3.63, 3.8) is 0 Å². The van der Waals surface area contributed by atoms with Crippen molar-refractivity contribution in [1.82, 2.24) is 4.98 Å². The highest BCUT2D eigenvalue weighted by Crippen LogP contribution is 2.37. The van der Waals surface area contributed by atoms with Crippen molar-refractivity contribution in [2.24, 2.45) is 0 Å². The lowest BCUT2D eigenvalue weighted by atomic mass is 9.96. The van der Waals surface area contributed by atoms with Crippen LogP contribution in [0.15, 0.2) is 12.3 Å². The zero-order valence-electron chi connectivity index (χ0n) is 14.2. The quantitative estimate of drug-likeness (QED) is 0.322. The molecule has 3 nitrogen and oxygen atoms in total. The third kappa shape index (κ3) is 3.25. The molecule has 1 heterocycles. The molecule has 0 atom stereocenters. The lowest BCUT2D eigenvalue weighted by Gasteiger charge is -2.13. The molecule has 0 amide bonds. The Labute approximate surface area is 164 Å². The average Bonchev–Trinajstić information content (AvgIpc) is 2.73. The van der Waals surface area contributed by atoms with Crippen LogP contribution in [-0.2, 0) is 0 Å². The highest BCUT2D eigenvalue weighted by Gasteiger charge is 2.32. The van der Waals surface area contributed by atoms with E-state index in [4.69, 9.17) is 5.11 Å². The number of carboxylic acids is 1. The van der Waals surface area contributed by atoms with Crippen LogP contribution in [0.4, 0.5) is 43.9 Å². The summed E-state index contributed by atoms with van der Waals surface area (Å²) in [5.41, 5.74) is -7.33. The fourth-order valence-electron chi connectivity index (χ4n) is 2.66. The normalized spacial score (nSPS) is 11.2. The molecule has 0 saturated heterocycles. The second kappa shape index (κ2) is 7.56. The third-order valence-electron chi connectivity index (χ3n) is 4.07. The Hall–Kier alpha value is -3.64. The van der Waals surface area contributed by atoms with Crippen molar-refractivity contribution in [2.45, 2.75) is 0 Å². The lowest BCUT2D eigenvalue weighted by molar-refractivity contribution is 0.0691. The van der Waals surface area contributed by atoms with Crippen molar-refractivity contribution in [1.29, 1.82) is 0 Å². The maximum Gasteiger partial charge on any atom is 0.355 e. The summed E-state index contributed by atoms with van der Waals surface area (Å²) in [5.74, 6) is -26.8. The van der Waals surface area contributed by atoms with Crippen molar-refractivity contribution in [2.75, 3.05) is 0 Å². The highest BCUT2D eigenvalue weighted by atomic mass is 19.2. The van der Waals surface area contributed by atoms with Crippen LogP contribution in [0, 0.1) is 58.2 Å². The molecule has 2 aromatic carbocycles. The average molecular weight is 455 g/mol. The summed E-state index contributed by atoms with van der Waals surface area (Å²) >= 11 is 0. The fraction of sp³-hybridized carbons (Fsp3) is 0. The molecule has 0 spiro atoms. The van der Waals surface area contributed by atoms with E-state index in [1.54, 1.807) is 0 Å². The molecule has 1 aromatic heterocycles. The number of nitrogens with zero attached hydrogens (tertiary/aromatic N) is 1. The second-order valence-electron chi connectivity index (χ2n) is 5.82. The van der Waals surface area contributed by atoms with Gasteiger partial charge >= 0.3 is 5.97 Å². The molecule has 162 valence electrons. The standard InChI is InChI=1S/C18H3F10NO2/c19-7-5(8(20)12(24)15(27)11(7)23)3-1-4(17(18(30)31)29-2-3)6-9(21)13(25)16(28)14(26)10(6)22/h1-2H,(H,30,31). The smallest absolute Gasteiger partial charge is 0.355 e. The van der Waals surface area contributed by atoms with Crippen LogP contribution in [0.5, 0.6) is 0 Å². The number of aromatic nitrogens is 1. The van der Waals surface area contributed by atoms with Gasteiger partial charge in [0.15, 0.2) is 52.2 Å². The number of pyridine rings is 1. The van der Waals surface area contributed by atoms with Gasteiger partial charge in [-0.25, -0.2) is 53.7 Å². The number of halogens is 10. The number of hydrogen-bond acceptors (Lipinski definition) is 2. The van der Waals surface area contributed by atoms with E-state index in [0.29, 0.717) is 0 Å². The Kier molecular flexibility index (Phi) is 5.38. The molecule has 3 aromatic rings. The second-order valence-corrected chi connectivity index (χ2v) is 5.82. The van der Waals surface area contributed by atoms with Gasteiger partial charge in [-0.1, -0.05) is 0 Å². The van der Waals surface area contributed by atoms with Gasteiger partial charge in [0.25, 0.3) is 0 Å². The van der Waals surface area contributed by atoms with Gasteiger partial charge < -0.3 is 5.11 Å². The minimum absolute atomic E-state index is 0.160. The molecule has 1 N–H and O–H groups in total. The van der Waals surface area contributed by atoms with Gasteiger partial charge in [-0.2, -0.15) is 0 Å². The summed E-state index contributed by atoms with van der Waals surface area (Å²) < 4.78 is 137. The van der Waals surface area contributed by atoms with Crippen LogP contribution in [0.25, 0.3) is 22.3 Å². The zero-order valence-corrected chi connectivity index (χ0v) is 14.2. The minimum Gasteiger partial charge on any atom is -0.476 e. The Morgan fingerprint density at radius 3 is 1.35 bits per heavy atom. The monoisotopic (exact) mass is 455 g/mol. The summed E-state index contributed by atoms with van der Waals surface area (Å²) in [5, 5.41) is 9.11. The van der Waals surface area contributed by atoms with E-state index in [-0.39, 0.29) is 12.3 Å². The van der Waals surface area contributed by atoms with Gasteiger partial charge in [-0.05, 0) is 6.07 Å². The lowest BCUT2D eigenvalue weighted by Crippen LogP contribution is -2.10. The van der Waals surface area contributed by atoms with E-state index in [0.717, 1.165) is 0 Å².